The number of aryl methyl sites for hydroxylation is 1. The number of hydrogen-bond acceptors (Lipinski definition) is 6. The molecule has 0 radical (unpaired) electrons. The van der Waals surface area contributed by atoms with Gasteiger partial charge < -0.3 is 20.0 Å². The van der Waals surface area contributed by atoms with Crippen LogP contribution in [0, 0.1) is 0 Å². The molecule has 4 rings (SSSR count). The number of H-pyrrole nitrogens is 1. The average Bonchev–Trinajstić information content (AvgIpc) is 3.13. The third-order valence-corrected chi connectivity index (χ3v) is 5.53. The fourth-order valence-corrected chi connectivity index (χ4v) is 4.00. The number of anilines is 1. The fraction of sp³-hybridized carbons (Fsp3) is 0.300. The first-order chi connectivity index (χ1) is 14.4. The molecule has 10 heteroatoms. The predicted molar refractivity (Wildman–Crippen MR) is 111 cm³/mol. The number of carbonyl (C=O) groups is 2. The number of rotatable bonds is 5. The van der Waals surface area contributed by atoms with Gasteiger partial charge >= 0.3 is 5.76 Å². The first kappa shape index (κ1) is 20.0. The van der Waals surface area contributed by atoms with E-state index in [1.54, 1.807) is 24.5 Å². The molecule has 1 atom stereocenters. The standard InChI is InChI=1S/C20H20ClN5O4/c21-14-9-12(10-16-18(14)24-20(29)30-16)1-2-17(27)26-8-7-25(11-15(26)19(22)28)13-3-5-23-6-4-13/h3-6,9-10,15H,1-2,7-8,11H2,(H2,22,28)(H,24,29). The number of piperazine rings is 1. The molecule has 1 saturated heterocycles. The number of carbonyl (C=O) groups excluding carboxylic acids is 2. The first-order valence-electron chi connectivity index (χ1n) is 9.47. The second-order valence-electron chi connectivity index (χ2n) is 7.12. The molecule has 2 aromatic heterocycles. The Balaban J connectivity index is 1.45. The summed E-state index contributed by atoms with van der Waals surface area (Å²) < 4.78 is 5.05. The summed E-state index contributed by atoms with van der Waals surface area (Å²) in [7, 11) is 0. The maximum atomic E-state index is 12.9. The quantitative estimate of drug-likeness (QED) is 0.629. The van der Waals surface area contributed by atoms with Crippen molar-refractivity contribution in [3.63, 3.8) is 0 Å². The summed E-state index contributed by atoms with van der Waals surface area (Å²) in [5.74, 6) is -1.29. The minimum absolute atomic E-state index is 0.167. The van der Waals surface area contributed by atoms with Gasteiger partial charge in [-0.1, -0.05) is 11.6 Å². The summed E-state index contributed by atoms with van der Waals surface area (Å²) in [6, 6.07) is 6.37. The molecular weight excluding hydrogens is 410 g/mol. The molecule has 1 aromatic carbocycles. The Morgan fingerprint density at radius 1 is 1.27 bits per heavy atom. The first-order valence-corrected chi connectivity index (χ1v) is 9.85. The highest BCUT2D eigenvalue weighted by molar-refractivity contribution is 6.34. The number of oxazole rings is 1. The van der Waals surface area contributed by atoms with Gasteiger partial charge in [-0.3, -0.25) is 19.6 Å². The van der Waals surface area contributed by atoms with Crippen LogP contribution in [0.1, 0.15) is 12.0 Å². The van der Waals surface area contributed by atoms with E-state index in [-0.39, 0.29) is 12.3 Å². The molecule has 1 aliphatic rings. The number of nitrogens with two attached hydrogens (primary N) is 1. The van der Waals surface area contributed by atoms with Crippen LogP contribution in [0.5, 0.6) is 0 Å². The normalized spacial score (nSPS) is 16.8. The second kappa shape index (κ2) is 8.19. The zero-order chi connectivity index (χ0) is 21.3. The molecule has 0 aliphatic carbocycles. The molecule has 2 amide bonds. The van der Waals surface area contributed by atoms with Crippen molar-refractivity contribution in [1.29, 1.82) is 0 Å². The van der Waals surface area contributed by atoms with E-state index in [0.29, 0.717) is 42.2 Å². The number of pyridine rings is 1. The summed E-state index contributed by atoms with van der Waals surface area (Å²) in [5, 5.41) is 0.349. The van der Waals surface area contributed by atoms with Crippen LogP contribution in [0.25, 0.3) is 11.1 Å². The van der Waals surface area contributed by atoms with Crippen LogP contribution in [0.2, 0.25) is 5.02 Å². The Labute approximate surface area is 176 Å². The van der Waals surface area contributed by atoms with Gasteiger partial charge in [0, 0.05) is 44.1 Å². The van der Waals surface area contributed by atoms with Gasteiger partial charge in [0.1, 0.15) is 11.6 Å². The molecule has 156 valence electrons. The van der Waals surface area contributed by atoms with Crippen molar-refractivity contribution in [2.45, 2.75) is 18.9 Å². The average molecular weight is 430 g/mol. The lowest BCUT2D eigenvalue weighted by Crippen LogP contribution is -2.60. The highest BCUT2D eigenvalue weighted by Gasteiger charge is 2.34. The number of primary amides is 1. The van der Waals surface area contributed by atoms with E-state index in [2.05, 4.69) is 9.97 Å². The Bertz CT molecular complexity index is 1140. The van der Waals surface area contributed by atoms with Crippen molar-refractivity contribution < 1.29 is 14.0 Å². The number of fused-ring (bicyclic) bond motifs is 1. The van der Waals surface area contributed by atoms with Gasteiger partial charge in [-0.25, -0.2) is 4.79 Å². The third kappa shape index (κ3) is 4.02. The number of amides is 2. The van der Waals surface area contributed by atoms with Crippen LogP contribution >= 0.6 is 11.6 Å². The number of nitrogens with zero attached hydrogens (tertiary/aromatic N) is 3. The molecule has 1 aliphatic heterocycles. The molecule has 3 heterocycles. The summed E-state index contributed by atoms with van der Waals surface area (Å²) in [6.45, 7) is 1.31. The van der Waals surface area contributed by atoms with E-state index in [4.69, 9.17) is 21.8 Å². The molecule has 1 unspecified atom stereocenters. The molecular formula is C20H20ClN5O4. The number of aromatic nitrogens is 2. The van der Waals surface area contributed by atoms with Crippen molar-refractivity contribution in [3.8, 4) is 0 Å². The molecule has 0 bridgehead atoms. The molecule has 30 heavy (non-hydrogen) atoms. The SMILES string of the molecule is NC(=O)C1CN(c2ccncc2)CCN1C(=O)CCc1cc(Cl)c2[nH]c(=O)oc2c1. The van der Waals surface area contributed by atoms with Gasteiger partial charge in [0.15, 0.2) is 5.58 Å². The van der Waals surface area contributed by atoms with E-state index in [1.165, 1.54) is 4.90 Å². The molecule has 3 aromatic rings. The summed E-state index contributed by atoms with van der Waals surface area (Å²) >= 11 is 6.18. The van der Waals surface area contributed by atoms with Crippen molar-refractivity contribution in [3.05, 3.63) is 57.8 Å². The van der Waals surface area contributed by atoms with Gasteiger partial charge in [0.25, 0.3) is 0 Å². The lowest BCUT2D eigenvalue weighted by atomic mass is 10.1. The highest BCUT2D eigenvalue weighted by atomic mass is 35.5. The van der Waals surface area contributed by atoms with Gasteiger partial charge in [-0.05, 0) is 36.2 Å². The van der Waals surface area contributed by atoms with E-state index < -0.39 is 17.7 Å². The van der Waals surface area contributed by atoms with E-state index in [1.807, 2.05) is 17.0 Å². The van der Waals surface area contributed by atoms with E-state index in [0.717, 1.165) is 11.3 Å². The monoisotopic (exact) mass is 429 g/mol. The zero-order valence-electron chi connectivity index (χ0n) is 16.0. The minimum Gasteiger partial charge on any atom is -0.408 e. The van der Waals surface area contributed by atoms with Crippen molar-refractivity contribution in [2.24, 2.45) is 5.73 Å². The van der Waals surface area contributed by atoms with Gasteiger partial charge in [-0.15, -0.1) is 0 Å². The molecule has 1 fully saturated rings. The Kier molecular flexibility index (Phi) is 5.45. The minimum atomic E-state index is -0.715. The maximum Gasteiger partial charge on any atom is 0.417 e. The number of aromatic amines is 1. The fourth-order valence-electron chi connectivity index (χ4n) is 3.72. The lowest BCUT2D eigenvalue weighted by Gasteiger charge is -2.41. The number of nitrogens with one attached hydrogen (secondary N) is 1. The van der Waals surface area contributed by atoms with Crippen LogP contribution < -0.4 is 16.4 Å². The van der Waals surface area contributed by atoms with Crippen LogP contribution in [0.3, 0.4) is 0 Å². The van der Waals surface area contributed by atoms with Crippen LogP contribution in [-0.4, -0.2) is 52.4 Å². The number of benzene rings is 1. The van der Waals surface area contributed by atoms with Gasteiger partial charge in [-0.2, -0.15) is 0 Å². The molecule has 9 nitrogen and oxygen atoms in total. The van der Waals surface area contributed by atoms with Crippen molar-refractivity contribution in [1.82, 2.24) is 14.9 Å². The van der Waals surface area contributed by atoms with Crippen molar-refractivity contribution in [2.75, 3.05) is 24.5 Å². The van der Waals surface area contributed by atoms with Crippen LogP contribution in [0.4, 0.5) is 5.69 Å². The van der Waals surface area contributed by atoms with E-state index >= 15 is 0 Å². The smallest absolute Gasteiger partial charge is 0.408 e. The number of halogens is 1. The second-order valence-corrected chi connectivity index (χ2v) is 7.53. The summed E-state index contributed by atoms with van der Waals surface area (Å²) in [4.78, 5) is 46.3. The zero-order valence-corrected chi connectivity index (χ0v) is 16.8. The van der Waals surface area contributed by atoms with Crippen molar-refractivity contribution >= 4 is 40.2 Å². The largest absolute Gasteiger partial charge is 0.417 e. The maximum absolute atomic E-state index is 12.9. The Morgan fingerprint density at radius 3 is 2.77 bits per heavy atom. The molecule has 3 N–H and O–H groups in total. The Hall–Kier alpha value is -3.33. The highest BCUT2D eigenvalue weighted by Crippen LogP contribution is 2.24. The number of hydrogen-bond donors (Lipinski definition) is 2. The summed E-state index contributed by atoms with van der Waals surface area (Å²) in [6.07, 6.45) is 3.93. The van der Waals surface area contributed by atoms with Gasteiger partial charge in [0.2, 0.25) is 11.8 Å². The van der Waals surface area contributed by atoms with Gasteiger partial charge in [0.05, 0.1) is 5.02 Å². The molecule has 0 spiro atoms. The van der Waals surface area contributed by atoms with Crippen LogP contribution in [0.15, 0.2) is 45.9 Å². The summed E-state index contributed by atoms with van der Waals surface area (Å²) in [5.41, 5.74) is 8.05. The Morgan fingerprint density at radius 2 is 2.03 bits per heavy atom. The topological polar surface area (TPSA) is 126 Å². The third-order valence-electron chi connectivity index (χ3n) is 5.23. The predicted octanol–water partition coefficient (Wildman–Crippen LogP) is 1.30. The molecule has 0 saturated carbocycles. The lowest BCUT2D eigenvalue weighted by molar-refractivity contribution is -0.139. The van der Waals surface area contributed by atoms with E-state index in [9.17, 15) is 14.4 Å². The van der Waals surface area contributed by atoms with Crippen LogP contribution in [-0.2, 0) is 16.0 Å².